The van der Waals surface area contributed by atoms with E-state index >= 15 is 0 Å². The molecule has 0 radical (unpaired) electrons. The largest absolute Gasteiger partial charge is 0.354 e. The van der Waals surface area contributed by atoms with Gasteiger partial charge in [0.15, 0.2) is 0 Å². The van der Waals surface area contributed by atoms with Crippen molar-refractivity contribution in [1.82, 2.24) is 5.32 Å². The van der Waals surface area contributed by atoms with Crippen LogP contribution in [-0.4, -0.2) is 18.5 Å². The first-order valence-corrected chi connectivity index (χ1v) is 5.47. The third kappa shape index (κ3) is 5.97. The first kappa shape index (κ1) is 13.4. The van der Waals surface area contributed by atoms with Gasteiger partial charge in [-0.1, -0.05) is 13.8 Å². The maximum atomic E-state index is 11.7. The lowest BCUT2D eigenvalue weighted by molar-refractivity contribution is -0.126. The fourth-order valence-electron chi connectivity index (χ4n) is 1.53. The van der Waals surface area contributed by atoms with E-state index in [1.807, 2.05) is 13.8 Å². The van der Waals surface area contributed by atoms with Gasteiger partial charge in [0.1, 0.15) is 0 Å². The second-order valence-electron chi connectivity index (χ2n) is 4.57. The summed E-state index contributed by atoms with van der Waals surface area (Å²) in [4.78, 5) is 11.7. The van der Waals surface area contributed by atoms with Gasteiger partial charge in [0.2, 0.25) is 5.91 Å². The van der Waals surface area contributed by atoms with Crippen molar-refractivity contribution in [3.05, 3.63) is 0 Å². The normalized spacial score (nSPS) is 13.4. The smallest absolute Gasteiger partial charge is 0.223 e. The Labute approximate surface area is 87.4 Å². The van der Waals surface area contributed by atoms with Gasteiger partial charge in [-0.05, 0) is 39.2 Å². The Bertz CT molecular complexity index is 167. The van der Waals surface area contributed by atoms with Gasteiger partial charge in [0.25, 0.3) is 0 Å². The molecule has 14 heavy (non-hydrogen) atoms. The van der Waals surface area contributed by atoms with Crippen molar-refractivity contribution in [3.63, 3.8) is 0 Å². The molecule has 0 aromatic rings. The second-order valence-corrected chi connectivity index (χ2v) is 4.57. The summed E-state index contributed by atoms with van der Waals surface area (Å²) in [6, 6.07) is 0.218. The van der Waals surface area contributed by atoms with E-state index in [-0.39, 0.29) is 17.9 Å². The standard InChI is InChI=1S/C11H24N2O/c1-8(2)7-10(5-6-12)11(14)13-9(3)4/h8-10H,5-7,12H2,1-4H3,(H,13,14). The molecule has 84 valence electrons. The van der Waals surface area contributed by atoms with Crippen molar-refractivity contribution in [1.29, 1.82) is 0 Å². The van der Waals surface area contributed by atoms with Crippen LogP contribution in [-0.2, 0) is 4.79 Å². The fraction of sp³-hybridized carbons (Fsp3) is 0.909. The zero-order valence-corrected chi connectivity index (χ0v) is 9.84. The molecule has 0 fully saturated rings. The van der Waals surface area contributed by atoms with Crippen LogP contribution in [0.4, 0.5) is 0 Å². The van der Waals surface area contributed by atoms with Crippen molar-refractivity contribution in [2.75, 3.05) is 6.54 Å². The minimum atomic E-state index is 0.0856. The molecule has 1 unspecified atom stereocenters. The molecule has 0 heterocycles. The lowest BCUT2D eigenvalue weighted by atomic mass is 9.93. The topological polar surface area (TPSA) is 55.1 Å². The molecule has 0 aromatic heterocycles. The molecule has 0 bridgehead atoms. The molecule has 0 aliphatic rings. The fourth-order valence-corrected chi connectivity index (χ4v) is 1.53. The number of carbonyl (C=O) groups is 1. The summed E-state index contributed by atoms with van der Waals surface area (Å²) < 4.78 is 0. The Morgan fingerprint density at radius 2 is 1.86 bits per heavy atom. The highest BCUT2D eigenvalue weighted by Crippen LogP contribution is 2.15. The molecule has 1 atom stereocenters. The van der Waals surface area contributed by atoms with Crippen LogP contribution in [0.3, 0.4) is 0 Å². The Balaban J connectivity index is 4.10. The zero-order valence-electron chi connectivity index (χ0n) is 9.84. The molecule has 0 saturated heterocycles. The summed E-state index contributed by atoms with van der Waals surface area (Å²) in [5.74, 6) is 0.783. The number of amides is 1. The quantitative estimate of drug-likeness (QED) is 0.683. The molecule has 0 aliphatic carbocycles. The molecule has 3 nitrogen and oxygen atoms in total. The highest BCUT2D eigenvalue weighted by atomic mass is 16.1. The van der Waals surface area contributed by atoms with Gasteiger partial charge in [-0.2, -0.15) is 0 Å². The van der Waals surface area contributed by atoms with Crippen molar-refractivity contribution in [2.24, 2.45) is 17.6 Å². The van der Waals surface area contributed by atoms with Crippen LogP contribution in [0.2, 0.25) is 0 Å². The molecule has 0 rings (SSSR count). The summed E-state index contributed by atoms with van der Waals surface area (Å²) in [5, 5.41) is 2.94. The van der Waals surface area contributed by atoms with Gasteiger partial charge in [-0.15, -0.1) is 0 Å². The summed E-state index contributed by atoms with van der Waals surface area (Å²) >= 11 is 0. The maximum absolute atomic E-state index is 11.7. The Kier molecular flexibility index (Phi) is 6.54. The van der Waals surface area contributed by atoms with Crippen LogP contribution < -0.4 is 11.1 Å². The molecular formula is C11H24N2O. The molecule has 3 heteroatoms. The van der Waals surface area contributed by atoms with Crippen molar-refractivity contribution >= 4 is 5.91 Å². The predicted molar refractivity (Wildman–Crippen MR) is 59.9 cm³/mol. The van der Waals surface area contributed by atoms with Gasteiger partial charge in [0.05, 0.1) is 0 Å². The van der Waals surface area contributed by atoms with Gasteiger partial charge >= 0.3 is 0 Å². The third-order valence-corrected chi connectivity index (χ3v) is 2.07. The first-order valence-electron chi connectivity index (χ1n) is 5.47. The summed E-state index contributed by atoms with van der Waals surface area (Å²) in [7, 11) is 0. The first-order chi connectivity index (χ1) is 6.47. The van der Waals surface area contributed by atoms with Gasteiger partial charge < -0.3 is 11.1 Å². The lowest BCUT2D eigenvalue weighted by Gasteiger charge is -2.19. The maximum Gasteiger partial charge on any atom is 0.223 e. The molecule has 0 saturated carbocycles. The van der Waals surface area contributed by atoms with Crippen molar-refractivity contribution < 1.29 is 4.79 Å². The minimum absolute atomic E-state index is 0.0856. The van der Waals surface area contributed by atoms with Gasteiger partial charge in [-0.25, -0.2) is 0 Å². The number of hydrogen-bond donors (Lipinski definition) is 2. The van der Waals surface area contributed by atoms with Crippen molar-refractivity contribution in [2.45, 2.75) is 46.6 Å². The summed E-state index contributed by atoms with van der Waals surface area (Å²) in [6.45, 7) is 8.81. The lowest BCUT2D eigenvalue weighted by Crippen LogP contribution is -2.37. The van der Waals surface area contributed by atoms with Crippen LogP contribution in [0.5, 0.6) is 0 Å². The van der Waals surface area contributed by atoms with E-state index in [2.05, 4.69) is 19.2 Å². The average molecular weight is 200 g/mol. The van der Waals surface area contributed by atoms with Crippen LogP contribution in [0, 0.1) is 11.8 Å². The Hall–Kier alpha value is -0.570. The summed E-state index contributed by atoms with van der Waals surface area (Å²) in [5.41, 5.74) is 5.49. The number of hydrogen-bond acceptors (Lipinski definition) is 2. The molecular weight excluding hydrogens is 176 g/mol. The third-order valence-electron chi connectivity index (χ3n) is 2.07. The van der Waals surface area contributed by atoms with Gasteiger partial charge in [-0.3, -0.25) is 4.79 Å². The average Bonchev–Trinajstić information content (AvgIpc) is 2.01. The molecule has 0 aromatic carbocycles. The Morgan fingerprint density at radius 3 is 2.21 bits per heavy atom. The van der Waals surface area contributed by atoms with Gasteiger partial charge in [0, 0.05) is 12.0 Å². The highest BCUT2D eigenvalue weighted by molar-refractivity contribution is 5.78. The second kappa shape index (κ2) is 6.82. The summed E-state index contributed by atoms with van der Waals surface area (Å²) in [6.07, 6.45) is 1.71. The molecule has 0 aliphatic heterocycles. The van der Waals surface area contributed by atoms with E-state index in [0.29, 0.717) is 12.5 Å². The van der Waals surface area contributed by atoms with E-state index in [4.69, 9.17) is 5.73 Å². The van der Waals surface area contributed by atoms with E-state index in [0.717, 1.165) is 12.8 Å². The van der Waals surface area contributed by atoms with E-state index < -0.39 is 0 Å². The van der Waals surface area contributed by atoms with Crippen LogP contribution in [0.1, 0.15) is 40.5 Å². The Morgan fingerprint density at radius 1 is 1.29 bits per heavy atom. The molecule has 1 amide bonds. The number of nitrogens with one attached hydrogen (secondary N) is 1. The zero-order chi connectivity index (χ0) is 11.1. The van der Waals surface area contributed by atoms with E-state index in [1.54, 1.807) is 0 Å². The number of nitrogens with two attached hydrogens (primary N) is 1. The van der Waals surface area contributed by atoms with Crippen molar-refractivity contribution in [3.8, 4) is 0 Å². The highest BCUT2D eigenvalue weighted by Gasteiger charge is 2.19. The minimum Gasteiger partial charge on any atom is -0.354 e. The van der Waals surface area contributed by atoms with E-state index in [9.17, 15) is 4.79 Å². The molecule has 0 spiro atoms. The molecule has 3 N–H and O–H groups in total. The SMILES string of the molecule is CC(C)CC(CCN)C(=O)NC(C)C. The van der Waals surface area contributed by atoms with Crippen LogP contribution in [0.15, 0.2) is 0 Å². The van der Waals surface area contributed by atoms with E-state index in [1.165, 1.54) is 0 Å². The number of rotatable bonds is 6. The van der Waals surface area contributed by atoms with Crippen LogP contribution >= 0.6 is 0 Å². The monoisotopic (exact) mass is 200 g/mol. The van der Waals surface area contributed by atoms with Crippen LogP contribution in [0.25, 0.3) is 0 Å². The number of carbonyl (C=O) groups excluding carboxylic acids is 1. The predicted octanol–water partition coefficient (Wildman–Crippen LogP) is 1.52.